The summed E-state index contributed by atoms with van der Waals surface area (Å²) >= 11 is 0. The van der Waals surface area contributed by atoms with Gasteiger partial charge in [-0.15, -0.1) is 5.10 Å². The highest BCUT2D eigenvalue weighted by Gasteiger charge is 2.11. The number of nitriles is 1. The smallest absolute Gasteiger partial charge is 0.291 e. The zero-order valence-electron chi connectivity index (χ0n) is 11.2. The number of nitrogens with one attached hydrogen (secondary N) is 2. The molecule has 0 aliphatic carbocycles. The topological polar surface area (TPSA) is 94.5 Å². The lowest BCUT2D eigenvalue weighted by atomic mass is 10.1. The van der Waals surface area contributed by atoms with Crippen molar-refractivity contribution in [3.05, 3.63) is 47.0 Å². The van der Waals surface area contributed by atoms with Gasteiger partial charge >= 0.3 is 0 Å². The van der Waals surface area contributed by atoms with Crippen LogP contribution in [0.25, 0.3) is 0 Å². The Kier molecular flexibility index (Phi) is 4.45. The second-order valence-corrected chi connectivity index (χ2v) is 4.35. The Bertz CT molecular complexity index is 641. The molecule has 0 bridgehead atoms. The highest BCUT2D eigenvalue weighted by molar-refractivity contribution is 5.90. The number of amides is 1. The van der Waals surface area contributed by atoms with Gasteiger partial charge in [0.2, 0.25) is 5.82 Å². The molecule has 0 aliphatic rings. The number of carbonyl (C=O) groups is 1. The van der Waals surface area contributed by atoms with Crippen molar-refractivity contribution in [3.63, 3.8) is 0 Å². The zero-order chi connectivity index (χ0) is 14.4. The molecule has 0 spiro atoms. The largest absolute Gasteiger partial charge is 0.345 e. The molecule has 2 aromatic rings. The number of hydrogen-bond donors (Lipinski definition) is 2. The molecule has 20 heavy (non-hydrogen) atoms. The van der Waals surface area contributed by atoms with Crippen LogP contribution in [0, 0.1) is 11.3 Å². The van der Waals surface area contributed by atoms with Crippen molar-refractivity contribution in [2.24, 2.45) is 0 Å². The fourth-order valence-electron chi connectivity index (χ4n) is 1.76. The minimum Gasteiger partial charge on any atom is -0.345 e. The summed E-state index contributed by atoms with van der Waals surface area (Å²) in [4.78, 5) is 16.0. The number of rotatable bonds is 5. The number of hydrogen-bond acceptors (Lipinski definition) is 4. The van der Waals surface area contributed by atoms with E-state index >= 15 is 0 Å². The van der Waals surface area contributed by atoms with Crippen molar-refractivity contribution in [1.29, 1.82) is 5.26 Å². The predicted octanol–water partition coefficient (Wildman–Crippen LogP) is 1.56. The number of benzene rings is 1. The number of aryl methyl sites for hydroxylation is 1. The van der Waals surface area contributed by atoms with E-state index in [9.17, 15) is 4.79 Å². The van der Waals surface area contributed by atoms with Gasteiger partial charge in [-0.25, -0.2) is 4.98 Å². The first kappa shape index (κ1) is 13.7. The summed E-state index contributed by atoms with van der Waals surface area (Å²) in [6, 6.07) is 9.15. The van der Waals surface area contributed by atoms with Crippen molar-refractivity contribution >= 4 is 5.91 Å². The van der Waals surface area contributed by atoms with Gasteiger partial charge < -0.3 is 5.32 Å². The lowest BCUT2D eigenvalue weighted by Gasteiger charge is -2.02. The molecule has 1 amide bonds. The van der Waals surface area contributed by atoms with E-state index in [4.69, 9.17) is 5.26 Å². The van der Waals surface area contributed by atoms with Crippen LogP contribution in [-0.2, 0) is 13.0 Å². The summed E-state index contributed by atoms with van der Waals surface area (Å²) in [6.45, 7) is 2.37. The number of carbonyl (C=O) groups excluding carboxylic acids is 1. The van der Waals surface area contributed by atoms with Crippen LogP contribution in [0.2, 0.25) is 0 Å². The Morgan fingerprint density at radius 1 is 1.50 bits per heavy atom. The SMILES string of the molecule is CCCc1nc(C(=O)NCc2cccc(C#N)c2)n[nH]1. The summed E-state index contributed by atoms with van der Waals surface area (Å²) in [5.41, 5.74) is 1.43. The van der Waals surface area contributed by atoms with E-state index in [1.807, 2.05) is 13.0 Å². The van der Waals surface area contributed by atoms with E-state index in [-0.39, 0.29) is 11.7 Å². The maximum Gasteiger partial charge on any atom is 0.291 e. The molecule has 6 nitrogen and oxygen atoms in total. The van der Waals surface area contributed by atoms with Gasteiger partial charge in [-0.1, -0.05) is 19.1 Å². The van der Waals surface area contributed by atoms with Crippen molar-refractivity contribution in [2.45, 2.75) is 26.3 Å². The fourth-order valence-corrected chi connectivity index (χ4v) is 1.76. The molecule has 0 fully saturated rings. The molecule has 102 valence electrons. The van der Waals surface area contributed by atoms with Crippen molar-refractivity contribution in [1.82, 2.24) is 20.5 Å². The molecular formula is C14H15N5O. The van der Waals surface area contributed by atoms with Crippen LogP contribution < -0.4 is 5.32 Å². The van der Waals surface area contributed by atoms with Gasteiger partial charge in [0.15, 0.2) is 0 Å². The predicted molar refractivity (Wildman–Crippen MR) is 72.7 cm³/mol. The standard InChI is InChI=1S/C14H15N5O/c1-2-4-12-17-13(19-18-12)14(20)16-9-11-6-3-5-10(7-11)8-15/h3,5-7H,2,4,9H2,1H3,(H,16,20)(H,17,18,19). The average molecular weight is 269 g/mol. The van der Waals surface area contributed by atoms with Crippen molar-refractivity contribution in [3.8, 4) is 6.07 Å². The Labute approximate surface area is 116 Å². The van der Waals surface area contributed by atoms with Gasteiger partial charge in [0.1, 0.15) is 5.82 Å². The number of nitrogens with zero attached hydrogens (tertiary/aromatic N) is 3. The van der Waals surface area contributed by atoms with E-state index in [0.717, 1.165) is 18.4 Å². The first-order chi connectivity index (χ1) is 9.72. The molecule has 0 radical (unpaired) electrons. The fraction of sp³-hybridized carbons (Fsp3) is 0.286. The highest BCUT2D eigenvalue weighted by atomic mass is 16.2. The minimum absolute atomic E-state index is 0.143. The molecule has 0 unspecified atom stereocenters. The summed E-state index contributed by atoms with van der Waals surface area (Å²) in [5, 5.41) is 18.2. The summed E-state index contributed by atoms with van der Waals surface area (Å²) in [7, 11) is 0. The van der Waals surface area contributed by atoms with Gasteiger partial charge in [0.25, 0.3) is 5.91 Å². The lowest BCUT2D eigenvalue weighted by Crippen LogP contribution is -2.24. The average Bonchev–Trinajstić information content (AvgIpc) is 2.94. The maximum atomic E-state index is 11.9. The first-order valence-electron chi connectivity index (χ1n) is 6.41. The molecule has 2 N–H and O–H groups in total. The first-order valence-corrected chi connectivity index (χ1v) is 6.41. The van der Waals surface area contributed by atoms with E-state index in [2.05, 4.69) is 26.6 Å². The second-order valence-electron chi connectivity index (χ2n) is 4.35. The number of aromatic amines is 1. The van der Waals surface area contributed by atoms with Gasteiger partial charge in [0.05, 0.1) is 11.6 Å². The second kappa shape index (κ2) is 6.48. The third kappa shape index (κ3) is 3.42. The zero-order valence-corrected chi connectivity index (χ0v) is 11.2. The summed E-state index contributed by atoms with van der Waals surface area (Å²) < 4.78 is 0. The molecule has 6 heteroatoms. The molecule has 0 saturated heterocycles. The Hall–Kier alpha value is -2.68. The van der Waals surface area contributed by atoms with Crippen molar-refractivity contribution < 1.29 is 4.79 Å². The van der Waals surface area contributed by atoms with Gasteiger partial charge in [-0.05, 0) is 24.1 Å². The number of aromatic nitrogens is 3. The highest BCUT2D eigenvalue weighted by Crippen LogP contribution is 2.04. The molecule has 2 rings (SSSR count). The van der Waals surface area contributed by atoms with Crippen LogP contribution in [0.1, 0.15) is 40.9 Å². The van der Waals surface area contributed by atoms with E-state index in [1.165, 1.54) is 0 Å². The van der Waals surface area contributed by atoms with Gasteiger partial charge in [-0.3, -0.25) is 9.89 Å². The molecular weight excluding hydrogens is 254 g/mol. The van der Waals surface area contributed by atoms with Crippen LogP contribution in [-0.4, -0.2) is 21.1 Å². The van der Waals surface area contributed by atoms with Crippen LogP contribution >= 0.6 is 0 Å². The molecule has 0 atom stereocenters. The Morgan fingerprint density at radius 3 is 3.10 bits per heavy atom. The quantitative estimate of drug-likeness (QED) is 0.861. The maximum absolute atomic E-state index is 11.9. The molecule has 1 aromatic heterocycles. The summed E-state index contributed by atoms with van der Waals surface area (Å²) in [6.07, 6.45) is 1.71. The minimum atomic E-state index is -0.328. The monoisotopic (exact) mass is 269 g/mol. The van der Waals surface area contributed by atoms with Crippen LogP contribution in [0.4, 0.5) is 0 Å². The van der Waals surface area contributed by atoms with Gasteiger partial charge in [-0.2, -0.15) is 5.26 Å². The van der Waals surface area contributed by atoms with E-state index < -0.39 is 0 Å². The normalized spacial score (nSPS) is 10.0. The Balaban J connectivity index is 1.95. The van der Waals surface area contributed by atoms with Crippen LogP contribution in [0.5, 0.6) is 0 Å². The molecule has 1 aromatic carbocycles. The van der Waals surface area contributed by atoms with Crippen molar-refractivity contribution in [2.75, 3.05) is 0 Å². The molecule has 0 saturated carbocycles. The lowest BCUT2D eigenvalue weighted by molar-refractivity contribution is 0.0941. The Morgan fingerprint density at radius 2 is 2.35 bits per heavy atom. The molecule has 0 aliphatic heterocycles. The van der Waals surface area contributed by atoms with Crippen LogP contribution in [0.15, 0.2) is 24.3 Å². The van der Waals surface area contributed by atoms with E-state index in [0.29, 0.717) is 17.9 Å². The summed E-state index contributed by atoms with van der Waals surface area (Å²) in [5.74, 6) is 0.528. The molecule has 1 heterocycles. The third-order valence-electron chi connectivity index (χ3n) is 2.73. The third-order valence-corrected chi connectivity index (χ3v) is 2.73. The number of H-pyrrole nitrogens is 1. The van der Waals surface area contributed by atoms with E-state index in [1.54, 1.807) is 18.2 Å². The van der Waals surface area contributed by atoms with Crippen LogP contribution in [0.3, 0.4) is 0 Å². The van der Waals surface area contributed by atoms with Gasteiger partial charge in [0, 0.05) is 13.0 Å².